The Labute approximate surface area is 272 Å². The quantitative estimate of drug-likeness (QED) is 0.408. The molecule has 2 aromatic carbocycles. The molecule has 1 saturated carbocycles. The fourth-order valence-electron chi connectivity index (χ4n) is 6.08. The van der Waals surface area contributed by atoms with Crippen LogP contribution in [0.15, 0.2) is 54.0 Å². The Morgan fingerprint density at radius 3 is 2.61 bits per heavy atom. The van der Waals surface area contributed by atoms with Crippen molar-refractivity contribution >= 4 is 39.1 Å². The zero-order chi connectivity index (χ0) is 32.3. The third-order valence-electron chi connectivity index (χ3n) is 8.55. The summed E-state index contributed by atoms with van der Waals surface area (Å²) in [6, 6.07) is 10.9. The fraction of sp³-hybridized carbons (Fsp3) is 0.438. The third-order valence-corrected chi connectivity index (χ3v) is 11.3. The third kappa shape index (κ3) is 7.68. The largest absolute Gasteiger partial charge is 0.487 e. The van der Waals surface area contributed by atoms with Gasteiger partial charge in [0.2, 0.25) is 10.0 Å². The van der Waals surface area contributed by atoms with E-state index >= 15 is 0 Å². The van der Waals surface area contributed by atoms with Gasteiger partial charge in [-0.25, -0.2) is 13.4 Å². The van der Waals surface area contributed by atoms with E-state index in [1.54, 1.807) is 25.4 Å². The van der Waals surface area contributed by atoms with Gasteiger partial charge in [-0.3, -0.25) is 14.4 Å². The normalized spacial score (nSPS) is 21.1. The number of nitrogens with zero attached hydrogens (tertiary/aromatic N) is 3. The van der Waals surface area contributed by atoms with Crippen LogP contribution in [0.2, 0.25) is 0 Å². The Morgan fingerprint density at radius 2 is 1.87 bits per heavy atom. The second kappa shape index (κ2) is 13.8. The molecule has 12 nitrogen and oxygen atoms in total. The minimum absolute atomic E-state index is 0.0560. The molecule has 0 spiro atoms. The first-order valence-electron chi connectivity index (χ1n) is 15.4. The second-order valence-corrected chi connectivity index (χ2v) is 15.0. The summed E-state index contributed by atoms with van der Waals surface area (Å²) in [4.78, 5) is 45.6. The number of fused-ring (bicyclic) bond motifs is 7. The number of ether oxygens (including phenoxy) is 2. The Hall–Kier alpha value is -4.01. The van der Waals surface area contributed by atoms with Crippen LogP contribution in [0.25, 0.3) is 0 Å². The van der Waals surface area contributed by atoms with Crippen molar-refractivity contribution in [1.82, 2.24) is 24.8 Å². The SMILES string of the molecule is CN(Cc1nccs1)C(=O)c1cc2cc(c1)C(=O)N[C@H]1CN(S(=O)(=O)CC3CCCC3)C[C@@H]1Oc1ccc(cc1)CNC(=O)CO2. The van der Waals surface area contributed by atoms with Crippen molar-refractivity contribution in [3.8, 4) is 11.5 Å². The molecule has 2 fully saturated rings. The highest BCUT2D eigenvalue weighted by molar-refractivity contribution is 7.89. The molecule has 1 saturated heterocycles. The Kier molecular flexibility index (Phi) is 9.57. The fourth-order valence-corrected chi connectivity index (χ4v) is 8.65. The molecule has 244 valence electrons. The molecule has 4 heterocycles. The lowest BCUT2D eigenvalue weighted by Gasteiger charge is -2.22. The first-order valence-corrected chi connectivity index (χ1v) is 17.8. The van der Waals surface area contributed by atoms with Crippen molar-refractivity contribution in [2.45, 2.75) is 50.9 Å². The van der Waals surface area contributed by atoms with E-state index in [4.69, 9.17) is 9.47 Å². The predicted octanol–water partition coefficient (Wildman–Crippen LogP) is 2.81. The lowest BCUT2D eigenvalue weighted by molar-refractivity contribution is -0.123. The van der Waals surface area contributed by atoms with E-state index in [0.717, 1.165) is 36.3 Å². The average Bonchev–Trinajstić information content (AvgIpc) is 3.83. The number of amides is 3. The van der Waals surface area contributed by atoms with Gasteiger partial charge >= 0.3 is 0 Å². The Bertz CT molecular complexity index is 1670. The smallest absolute Gasteiger partial charge is 0.258 e. The first kappa shape index (κ1) is 32.0. The van der Waals surface area contributed by atoms with Gasteiger partial charge in [0, 0.05) is 42.8 Å². The monoisotopic (exact) mass is 667 g/mol. The summed E-state index contributed by atoms with van der Waals surface area (Å²) in [5.41, 5.74) is 1.15. The molecule has 3 aromatic rings. The molecule has 7 rings (SSSR count). The maximum absolute atomic E-state index is 13.8. The lowest BCUT2D eigenvalue weighted by atomic mass is 10.1. The van der Waals surface area contributed by atoms with E-state index in [9.17, 15) is 22.8 Å². The topological polar surface area (TPSA) is 147 Å². The number of benzene rings is 2. The summed E-state index contributed by atoms with van der Waals surface area (Å²) in [5.74, 6) is -0.362. The second-order valence-electron chi connectivity index (χ2n) is 12.0. The average molecular weight is 668 g/mol. The zero-order valence-electron chi connectivity index (χ0n) is 25.5. The summed E-state index contributed by atoms with van der Waals surface area (Å²) in [5, 5.41) is 8.35. The minimum Gasteiger partial charge on any atom is -0.487 e. The van der Waals surface area contributed by atoms with Crippen molar-refractivity contribution in [1.29, 1.82) is 0 Å². The van der Waals surface area contributed by atoms with Crippen molar-refractivity contribution < 1.29 is 32.3 Å². The lowest BCUT2D eigenvalue weighted by Crippen LogP contribution is -2.45. The maximum atomic E-state index is 13.8. The van der Waals surface area contributed by atoms with Gasteiger partial charge in [0.05, 0.1) is 24.9 Å². The van der Waals surface area contributed by atoms with Crippen LogP contribution in [0.5, 0.6) is 11.5 Å². The summed E-state index contributed by atoms with van der Waals surface area (Å²) in [7, 11) is -1.95. The van der Waals surface area contributed by atoms with Crippen LogP contribution < -0.4 is 20.1 Å². The number of hydrogen-bond acceptors (Lipinski definition) is 9. The number of thiazole rings is 1. The van der Waals surface area contributed by atoms with Crippen LogP contribution in [-0.2, 0) is 27.9 Å². The highest BCUT2D eigenvalue weighted by atomic mass is 32.2. The Balaban J connectivity index is 1.29. The van der Waals surface area contributed by atoms with Crippen molar-refractivity contribution in [2.24, 2.45) is 5.92 Å². The molecule has 3 amide bonds. The molecule has 3 aliphatic heterocycles. The summed E-state index contributed by atoms with van der Waals surface area (Å²) in [6.07, 6.45) is 4.89. The van der Waals surface area contributed by atoms with E-state index in [1.165, 1.54) is 38.7 Å². The Morgan fingerprint density at radius 1 is 1.09 bits per heavy atom. The van der Waals surface area contributed by atoms with E-state index in [0.29, 0.717) is 5.75 Å². The van der Waals surface area contributed by atoms with Gasteiger partial charge in [0.1, 0.15) is 22.6 Å². The molecule has 0 unspecified atom stereocenters. The zero-order valence-corrected chi connectivity index (χ0v) is 27.1. The summed E-state index contributed by atoms with van der Waals surface area (Å²) >= 11 is 1.42. The number of carbonyl (C=O) groups is 3. The van der Waals surface area contributed by atoms with Crippen LogP contribution in [0.4, 0.5) is 0 Å². The van der Waals surface area contributed by atoms with E-state index in [2.05, 4.69) is 15.6 Å². The molecule has 2 N–H and O–H groups in total. The maximum Gasteiger partial charge on any atom is 0.258 e. The van der Waals surface area contributed by atoms with Crippen LogP contribution in [0.3, 0.4) is 0 Å². The van der Waals surface area contributed by atoms with Gasteiger partial charge < -0.3 is 25.0 Å². The van der Waals surface area contributed by atoms with Gasteiger partial charge in [0.25, 0.3) is 17.7 Å². The number of nitrogens with one attached hydrogen (secondary N) is 2. The van der Waals surface area contributed by atoms with Crippen LogP contribution in [-0.4, -0.2) is 85.0 Å². The number of hydrogen-bond donors (Lipinski definition) is 2. The van der Waals surface area contributed by atoms with Gasteiger partial charge in [-0.05, 0) is 54.7 Å². The predicted molar refractivity (Wildman–Crippen MR) is 171 cm³/mol. The minimum atomic E-state index is -3.59. The first-order chi connectivity index (χ1) is 22.1. The standard InChI is InChI=1S/C32H37N5O7S2/c1-36(18-30-33-10-11-45-30)32(40)24-12-23-13-26(14-24)43-19-29(38)34-15-21-6-8-25(9-7-21)44-28-17-37(16-27(28)35-31(23)39)46(41,42)20-22-4-2-3-5-22/h6-14,22,27-28H,2-5,15-20H2,1H3,(H,34,38)(H,35,39)/t27-,28-/m0/s1. The van der Waals surface area contributed by atoms with Crippen molar-refractivity contribution in [2.75, 3.05) is 32.5 Å². The van der Waals surface area contributed by atoms with Crippen LogP contribution in [0, 0.1) is 5.92 Å². The molecular weight excluding hydrogens is 631 g/mol. The molecule has 0 radical (unpaired) electrons. The molecule has 4 bridgehead atoms. The number of rotatable bonds is 6. The molecule has 46 heavy (non-hydrogen) atoms. The summed E-state index contributed by atoms with van der Waals surface area (Å²) in [6.45, 7) is 0.352. The highest BCUT2D eigenvalue weighted by Crippen LogP contribution is 2.29. The van der Waals surface area contributed by atoms with Gasteiger partial charge in [-0.2, -0.15) is 4.31 Å². The number of sulfonamides is 1. The molecule has 4 aliphatic rings. The number of aromatic nitrogens is 1. The van der Waals surface area contributed by atoms with Crippen LogP contribution >= 0.6 is 11.3 Å². The van der Waals surface area contributed by atoms with Crippen molar-refractivity contribution in [3.05, 3.63) is 75.7 Å². The van der Waals surface area contributed by atoms with Gasteiger partial charge in [0.15, 0.2) is 6.61 Å². The highest BCUT2D eigenvalue weighted by Gasteiger charge is 2.42. The van der Waals surface area contributed by atoms with E-state index in [-0.39, 0.29) is 73.1 Å². The van der Waals surface area contributed by atoms with Crippen LogP contribution in [0.1, 0.15) is 57.0 Å². The molecule has 14 heteroatoms. The molecule has 1 aliphatic carbocycles. The van der Waals surface area contributed by atoms with E-state index in [1.807, 2.05) is 17.5 Å². The molecule has 2 atom stereocenters. The van der Waals surface area contributed by atoms with Gasteiger partial charge in [-0.15, -0.1) is 11.3 Å². The molecule has 1 aromatic heterocycles. The molecular formula is C32H37N5O7S2. The van der Waals surface area contributed by atoms with E-state index < -0.39 is 28.1 Å². The van der Waals surface area contributed by atoms with Gasteiger partial charge in [-0.1, -0.05) is 25.0 Å². The summed E-state index contributed by atoms with van der Waals surface area (Å²) < 4.78 is 40.4. The number of carbonyl (C=O) groups excluding carboxylic acids is 3. The van der Waals surface area contributed by atoms with Crippen molar-refractivity contribution in [3.63, 3.8) is 0 Å².